The monoisotopic (exact) mass is 236 g/mol. The molecule has 2 heteroatoms. The van der Waals surface area contributed by atoms with Crippen molar-refractivity contribution in [3.63, 3.8) is 0 Å². The molecule has 0 heterocycles. The normalized spacial score (nSPS) is 10.9. The number of hydrogen-bond acceptors (Lipinski definition) is 1. The van der Waals surface area contributed by atoms with Crippen molar-refractivity contribution in [3.8, 4) is 0 Å². The van der Waals surface area contributed by atoms with Gasteiger partial charge in [-0.25, -0.2) is 4.79 Å². The predicted octanol–water partition coefficient (Wildman–Crippen LogP) is 4.00. The van der Waals surface area contributed by atoms with Crippen LogP contribution in [0.2, 0.25) is 0 Å². The first kappa shape index (κ1) is 10.8. The van der Waals surface area contributed by atoms with Gasteiger partial charge in [0.05, 0.1) is 5.56 Å². The molecule has 0 aliphatic rings. The van der Waals surface area contributed by atoms with Gasteiger partial charge < -0.3 is 5.11 Å². The Balaban J connectivity index is 2.51. The summed E-state index contributed by atoms with van der Waals surface area (Å²) in [5, 5.41) is 13.5. The first-order chi connectivity index (χ1) is 8.66. The molecule has 18 heavy (non-hydrogen) atoms. The Kier molecular flexibility index (Phi) is 2.30. The maximum Gasteiger partial charge on any atom is 0.335 e. The summed E-state index contributed by atoms with van der Waals surface area (Å²) in [7, 11) is 0. The largest absolute Gasteiger partial charge is 0.478 e. The van der Waals surface area contributed by atoms with E-state index in [4.69, 9.17) is 5.11 Å². The summed E-state index contributed by atoms with van der Waals surface area (Å²) in [4.78, 5) is 11.1. The second-order valence-electron chi connectivity index (χ2n) is 4.48. The van der Waals surface area contributed by atoms with Crippen LogP contribution in [0.4, 0.5) is 0 Å². The molecule has 0 amide bonds. The molecule has 1 N–H and O–H groups in total. The van der Waals surface area contributed by atoms with Crippen LogP contribution in [0.15, 0.2) is 48.5 Å². The fourth-order valence-electron chi connectivity index (χ4n) is 2.43. The standard InChI is InChI=1S/C16H12O2/c1-10-8-12(16(17)18)9-15-13(10)7-6-11-4-2-3-5-14(11)15/h2-9H,1H3,(H,17,18). The number of hydrogen-bond donors (Lipinski definition) is 1. The third kappa shape index (κ3) is 1.54. The summed E-state index contributed by atoms with van der Waals surface area (Å²) in [5.41, 5.74) is 1.34. The van der Waals surface area contributed by atoms with E-state index in [-0.39, 0.29) is 0 Å². The lowest BCUT2D eigenvalue weighted by atomic mass is 9.96. The summed E-state index contributed by atoms with van der Waals surface area (Å²) >= 11 is 0. The highest BCUT2D eigenvalue weighted by Gasteiger charge is 2.08. The Morgan fingerprint density at radius 2 is 1.72 bits per heavy atom. The topological polar surface area (TPSA) is 37.3 Å². The van der Waals surface area contributed by atoms with Crippen molar-refractivity contribution in [2.45, 2.75) is 6.92 Å². The van der Waals surface area contributed by atoms with Crippen molar-refractivity contribution in [3.05, 3.63) is 59.7 Å². The molecule has 3 aromatic rings. The van der Waals surface area contributed by atoms with Crippen LogP contribution in [-0.2, 0) is 0 Å². The molecule has 2 nitrogen and oxygen atoms in total. The molecule has 0 aliphatic heterocycles. The zero-order valence-corrected chi connectivity index (χ0v) is 9.97. The van der Waals surface area contributed by atoms with E-state index in [1.807, 2.05) is 31.2 Å². The summed E-state index contributed by atoms with van der Waals surface area (Å²) < 4.78 is 0. The molecule has 0 fully saturated rings. The van der Waals surface area contributed by atoms with E-state index in [0.717, 1.165) is 27.1 Å². The number of fused-ring (bicyclic) bond motifs is 3. The molecule has 0 aliphatic carbocycles. The van der Waals surface area contributed by atoms with Gasteiger partial charge in [0.25, 0.3) is 0 Å². The minimum Gasteiger partial charge on any atom is -0.478 e. The van der Waals surface area contributed by atoms with Crippen LogP contribution in [0, 0.1) is 6.92 Å². The SMILES string of the molecule is Cc1cc(C(=O)O)cc2c1ccc1ccccc12. The zero-order chi connectivity index (χ0) is 12.7. The quantitative estimate of drug-likeness (QED) is 0.648. The van der Waals surface area contributed by atoms with Gasteiger partial charge >= 0.3 is 5.97 Å². The highest BCUT2D eigenvalue weighted by atomic mass is 16.4. The molecule has 0 saturated carbocycles. The Morgan fingerprint density at radius 3 is 2.50 bits per heavy atom. The van der Waals surface area contributed by atoms with Gasteiger partial charge in [-0.2, -0.15) is 0 Å². The van der Waals surface area contributed by atoms with Crippen molar-refractivity contribution in [1.29, 1.82) is 0 Å². The maximum atomic E-state index is 11.1. The number of carboxylic acids is 1. The zero-order valence-electron chi connectivity index (χ0n) is 9.97. The fourth-order valence-corrected chi connectivity index (χ4v) is 2.43. The Morgan fingerprint density at radius 1 is 0.944 bits per heavy atom. The molecule has 88 valence electrons. The van der Waals surface area contributed by atoms with Crippen LogP contribution in [0.5, 0.6) is 0 Å². The molecule has 0 bridgehead atoms. The van der Waals surface area contributed by atoms with Crippen LogP contribution in [0.25, 0.3) is 21.5 Å². The molecule has 0 aromatic heterocycles. The Labute approximate surface area is 104 Å². The van der Waals surface area contributed by atoms with Gasteiger partial charge in [0.2, 0.25) is 0 Å². The van der Waals surface area contributed by atoms with Gasteiger partial charge in [-0.15, -0.1) is 0 Å². The summed E-state index contributed by atoms with van der Waals surface area (Å²) in [6.07, 6.45) is 0. The lowest BCUT2D eigenvalue weighted by Gasteiger charge is -2.08. The number of carboxylic acid groups (broad SMARTS) is 1. The molecule has 3 rings (SSSR count). The van der Waals surface area contributed by atoms with Crippen LogP contribution < -0.4 is 0 Å². The van der Waals surface area contributed by atoms with Crippen molar-refractivity contribution in [2.75, 3.05) is 0 Å². The number of aryl methyl sites for hydroxylation is 1. The lowest BCUT2D eigenvalue weighted by molar-refractivity contribution is 0.0697. The average molecular weight is 236 g/mol. The van der Waals surface area contributed by atoms with E-state index >= 15 is 0 Å². The Hall–Kier alpha value is -2.35. The molecular weight excluding hydrogens is 224 g/mol. The van der Waals surface area contributed by atoms with E-state index in [0.29, 0.717) is 5.56 Å². The van der Waals surface area contributed by atoms with Crippen molar-refractivity contribution < 1.29 is 9.90 Å². The minimum absolute atomic E-state index is 0.344. The first-order valence-electron chi connectivity index (χ1n) is 5.82. The summed E-state index contributed by atoms with van der Waals surface area (Å²) in [5.74, 6) is -0.882. The van der Waals surface area contributed by atoms with Crippen molar-refractivity contribution >= 4 is 27.5 Å². The molecule has 0 radical (unpaired) electrons. The third-order valence-corrected chi connectivity index (χ3v) is 3.31. The van der Waals surface area contributed by atoms with E-state index < -0.39 is 5.97 Å². The number of rotatable bonds is 1. The lowest BCUT2D eigenvalue weighted by Crippen LogP contribution is -1.97. The first-order valence-corrected chi connectivity index (χ1v) is 5.82. The van der Waals surface area contributed by atoms with Crippen molar-refractivity contribution in [1.82, 2.24) is 0 Å². The van der Waals surface area contributed by atoms with Gasteiger partial charge in [-0.1, -0.05) is 36.4 Å². The number of benzene rings is 3. The fraction of sp³-hybridized carbons (Fsp3) is 0.0625. The van der Waals surface area contributed by atoms with E-state index in [9.17, 15) is 4.79 Å². The second kappa shape index (κ2) is 3.84. The minimum atomic E-state index is -0.882. The van der Waals surface area contributed by atoms with Gasteiger partial charge in [0.1, 0.15) is 0 Å². The predicted molar refractivity (Wildman–Crippen MR) is 73.2 cm³/mol. The molecule has 3 aromatic carbocycles. The molecule has 0 spiro atoms. The summed E-state index contributed by atoms with van der Waals surface area (Å²) in [6.45, 7) is 1.95. The average Bonchev–Trinajstić information content (AvgIpc) is 2.38. The number of carbonyl (C=O) groups is 1. The van der Waals surface area contributed by atoms with Gasteiger partial charge in [0.15, 0.2) is 0 Å². The molecule has 0 saturated heterocycles. The van der Waals surface area contributed by atoms with Crippen LogP contribution in [-0.4, -0.2) is 11.1 Å². The van der Waals surface area contributed by atoms with E-state index in [2.05, 4.69) is 12.1 Å². The van der Waals surface area contributed by atoms with E-state index in [1.54, 1.807) is 12.1 Å². The van der Waals surface area contributed by atoms with Gasteiger partial charge in [0, 0.05) is 0 Å². The Bertz CT molecular complexity index is 772. The smallest absolute Gasteiger partial charge is 0.335 e. The molecular formula is C16H12O2. The van der Waals surface area contributed by atoms with Crippen LogP contribution in [0.3, 0.4) is 0 Å². The highest BCUT2D eigenvalue weighted by Crippen LogP contribution is 2.28. The van der Waals surface area contributed by atoms with Crippen molar-refractivity contribution in [2.24, 2.45) is 0 Å². The summed E-state index contributed by atoms with van der Waals surface area (Å²) in [6, 6.07) is 15.6. The highest BCUT2D eigenvalue weighted by molar-refractivity contribution is 6.10. The second-order valence-corrected chi connectivity index (χ2v) is 4.48. The number of aromatic carboxylic acids is 1. The van der Waals surface area contributed by atoms with Crippen LogP contribution in [0.1, 0.15) is 15.9 Å². The third-order valence-electron chi connectivity index (χ3n) is 3.31. The van der Waals surface area contributed by atoms with Crippen LogP contribution >= 0.6 is 0 Å². The van der Waals surface area contributed by atoms with Gasteiger partial charge in [-0.05, 0) is 46.2 Å². The van der Waals surface area contributed by atoms with Gasteiger partial charge in [-0.3, -0.25) is 0 Å². The maximum absolute atomic E-state index is 11.1. The molecule has 0 atom stereocenters. The van der Waals surface area contributed by atoms with E-state index in [1.165, 1.54) is 0 Å². The molecule has 0 unspecified atom stereocenters.